The molecule has 0 atom stereocenters. The number of amides is 1. The van der Waals surface area contributed by atoms with E-state index in [9.17, 15) is 4.79 Å². The van der Waals surface area contributed by atoms with Crippen molar-refractivity contribution in [1.29, 1.82) is 0 Å². The summed E-state index contributed by atoms with van der Waals surface area (Å²) in [5, 5.41) is 3.00. The molecule has 5 heteroatoms. The van der Waals surface area contributed by atoms with Crippen molar-refractivity contribution in [3.05, 3.63) is 65.7 Å². The molecule has 0 unspecified atom stereocenters. The molecule has 1 aliphatic rings. The third kappa shape index (κ3) is 7.64. The first-order chi connectivity index (χ1) is 15.9. The third-order valence-corrected chi connectivity index (χ3v) is 6.20. The van der Waals surface area contributed by atoms with Gasteiger partial charge in [-0.2, -0.15) is 0 Å². The maximum atomic E-state index is 12.1. The van der Waals surface area contributed by atoms with Crippen LogP contribution in [0.3, 0.4) is 0 Å². The van der Waals surface area contributed by atoms with E-state index in [2.05, 4.69) is 72.3 Å². The van der Waals surface area contributed by atoms with Crippen LogP contribution in [-0.2, 0) is 10.2 Å². The van der Waals surface area contributed by atoms with Crippen LogP contribution < -0.4 is 15.0 Å². The number of hydrogen-bond donors (Lipinski definition) is 1. The van der Waals surface area contributed by atoms with Crippen molar-refractivity contribution in [2.75, 3.05) is 51.3 Å². The monoisotopic (exact) mass is 449 g/mol. The van der Waals surface area contributed by atoms with Crippen LogP contribution in [-0.4, -0.2) is 57.2 Å². The Morgan fingerprint density at radius 3 is 2.36 bits per heavy atom. The Bertz CT molecular complexity index is 907. The van der Waals surface area contributed by atoms with E-state index in [1.54, 1.807) is 13.2 Å². The minimum absolute atomic E-state index is 0.0275. The number of methoxy groups -OCH3 is 1. The highest BCUT2D eigenvalue weighted by atomic mass is 16.5. The summed E-state index contributed by atoms with van der Waals surface area (Å²) in [6, 6.07) is 16.6. The average molecular weight is 450 g/mol. The van der Waals surface area contributed by atoms with Crippen LogP contribution in [0.5, 0.6) is 5.75 Å². The lowest BCUT2D eigenvalue weighted by Crippen LogP contribution is -2.46. The summed E-state index contributed by atoms with van der Waals surface area (Å²) < 4.78 is 5.50. The van der Waals surface area contributed by atoms with E-state index in [0.29, 0.717) is 6.54 Å². The topological polar surface area (TPSA) is 44.8 Å². The Hall–Kier alpha value is -2.79. The lowest BCUT2D eigenvalue weighted by Gasteiger charge is -2.36. The maximum Gasteiger partial charge on any atom is 0.243 e. The van der Waals surface area contributed by atoms with Crippen molar-refractivity contribution in [3.63, 3.8) is 0 Å². The number of ether oxygens (including phenoxy) is 1. The molecule has 1 N–H and O–H groups in total. The number of carbonyl (C=O) groups excluding carboxylic acids is 1. The molecule has 0 aliphatic carbocycles. The van der Waals surface area contributed by atoms with Gasteiger partial charge in [0.15, 0.2) is 0 Å². The largest absolute Gasteiger partial charge is 0.495 e. The number of carbonyl (C=O) groups is 1. The van der Waals surface area contributed by atoms with Crippen molar-refractivity contribution in [3.8, 4) is 5.75 Å². The molecule has 1 amide bonds. The molecule has 1 heterocycles. The van der Waals surface area contributed by atoms with Crippen molar-refractivity contribution < 1.29 is 9.53 Å². The van der Waals surface area contributed by atoms with Crippen LogP contribution in [0, 0.1) is 0 Å². The van der Waals surface area contributed by atoms with Crippen LogP contribution in [0.15, 0.2) is 54.6 Å². The second kappa shape index (κ2) is 11.9. The van der Waals surface area contributed by atoms with Gasteiger partial charge in [-0.05, 0) is 54.1 Å². The summed E-state index contributed by atoms with van der Waals surface area (Å²) in [6.07, 6.45) is 5.59. The van der Waals surface area contributed by atoms with Crippen LogP contribution in [0.25, 0.3) is 6.08 Å². The minimum atomic E-state index is -0.0275. The Kier molecular flexibility index (Phi) is 8.95. The predicted molar refractivity (Wildman–Crippen MR) is 138 cm³/mol. The standard InChI is InChI=1S/C28H39N3O2/c1-28(2,3)24-14-11-23(12-15-24)13-16-27(32)29-17-7-8-18-30-19-21-31(22-20-30)25-9-5-6-10-26(25)33-4/h5-6,9-16H,7-8,17-22H2,1-4H3,(H,29,32)/b16-13+. The molecule has 178 valence electrons. The first-order valence-corrected chi connectivity index (χ1v) is 12.0. The fourth-order valence-electron chi connectivity index (χ4n) is 4.10. The first-order valence-electron chi connectivity index (χ1n) is 12.0. The van der Waals surface area contributed by atoms with Gasteiger partial charge in [0.2, 0.25) is 5.91 Å². The number of para-hydroxylation sites is 2. The number of hydrogen-bond acceptors (Lipinski definition) is 4. The van der Waals surface area contributed by atoms with Gasteiger partial charge in [0, 0.05) is 38.8 Å². The van der Waals surface area contributed by atoms with Gasteiger partial charge in [-0.15, -0.1) is 0 Å². The Balaban J connectivity index is 1.30. The van der Waals surface area contributed by atoms with E-state index in [4.69, 9.17) is 4.74 Å². The Morgan fingerprint density at radius 2 is 1.70 bits per heavy atom. The van der Waals surface area contributed by atoms with Gasteiger partial charge in [0.05, 0.1) is 12.8 Å². The normalized spacial score (nSPS) is 15.1. The number of piperazine rings is 1. The van der Waals surface area contributed by atoms with Crippen LogP contribution in [0.4, 0.5) is 5.69 Å². The highest BCUT2D eigenvalue weighted by molar-refractivity contribution is 5.91. The molecule has 33 heavy (non-hydrogen) atoms. The highest BCUT2D eigenvalue weighted by Crippen LogP contribution is 2.28. The Labute approximate surface area is 199 Å². The molecule has 0 aromatic heterocycles. The lowest BCUT2D eigenvalue weighted by atomic mass is 9.87. The van der Waals surface area contributed by atoms with Gasteiger partial charge in [0.25, 0.3) is 0 Å². The smallest absolute Gasteiger partial charge is 0.243 e. The zero-order valence-corrected chi connectivity index (χ0v) is 20.6. The zero-order chi connectivity index (χ0) is 23.7. The molecular formula is C28H39N3O2. The SMILES string of the molecule is COc1ccccc1N1CCN(CCCCNC(=O)/C=C/c2ccc(C(C)(C)C)cc2)CC1. The molecule has 1 fully saturated rings. The first kappa shape index (κ1) is 24.8. The van der Waals surface area contributed by atoms with E-state index in [-0.39, 0.29) is 11.3 Å². The quantitative estimate of drug-likeness (QED) is 0.444. The molecule has 2 aromatic carbocycles. The molecule has 1 aliphatic heterocycles. The zero-order valence-electron chi connectivity index (χ0n) is 20.6. The second-order valence-corrected chi connectivity index (χ2v) is 9.70. The van der Waals surface area contributed by atoms with E-state index in [0.717, 1.165) is 56.9 Å². The number of rotatable bonds is 9. The van der Waals surface area contributed by atoms with Crippen molar-refractivity contribution in [2.45, 2.75) is 39.0 Å². The summed E-state index contributed by atoms with van der Waals surface area (Å²) in [7, 11) is 1.73. The minimum Gasteiger partial charge on any atom is -0.495 e. The molecule has 0 spiro atoms. The molecule has 0 bridgehead atoms. The summed E-state index contributed by atoms with van der Waals surface area (Å²) in [5.74, 6) is 0.915. The number of unbranched alkanes of at least 4 members (excludes halogenated alkanes) is 1. The summed E-state index contributed by atoms with van der Waals surface area (Å²) in [5.41, 5.74) is 3.67. The van der Waals surface area contributed by atoms with Gasteiger partial charge in [0.1, 0.15) is 5.75 Å². The van der Waals surface area contributed by atoms with Crippen LogP contribution in [0.2, 0.25) is 0 Å². The fraction of sp³-hybridized carbons (Fsp3) is 0.464. The Morgan fingerprint density at radius 1 is 1.00 bits per heavy atom. The van der Waals surface area contributed by atoms with Crippen molar-refractivity contribution in [1.82, 2.24) is 10.2 Å². The summed E-state index contributed by atoms with van der Waals surface area (Å²) in [6.45, 7) is 12.5. The number of nitrogens with one attached hydrogen (secondary N) is 1. The molecular weight excluding hydrogens is 410 g/mol. The predicted octanol–water partition coefficient (Wildman–Crippen LogP) is 4.72. The fourth-order valence-corrected chi connectivity index (χ4v) is 4.10. The number of benzene rings is 2. The van der Waals surface area contributed by atoms with E-state index in [1.165, 1.54) is 11.3 Å². The molecule has 2 aromatic rings. The molecule has 0 radical (unpaired) electrons. The summed E-state index contributed by atoms with van der Waals surface area (Å²) >= 11 is 0. The van der Waals surface area contributed by atoms with E-state index < -0.39 is 0 Å². The summed E-state index contributed by atoms with van der Waals surface area (Å²) in [4.78, 5) is 17.0. The van der Waals surface area contributed by atoms with Gasteiger partial charge >= 0.3 is 0 Å². The average Bonchev–Trinajstić information content (AvgIpc) is 2.82. The van der Waals surface area contributed by atoms with Gasteiger partial charge in [-0.1, -0.05) is 57.2 Å². The highest BCUT2D eigenvalue weighted by Gasteiger charge is 2.19. The lowest BCUT2D eigenvalue weighted by molar-refractivity contribution is -0.116. The van der Waals surface area contributed by atoms with Crippen LogP contribution >= 0.6 is 0 Å². The van der Waals surface area contributed by atoms with E-state index in [1.807, 2.05) is 18.2 Å². The third-order valence-electron chi connectivity index (χ3n) is 6.20. The molecule has 0 saturated carbocycles. The van der Waals surface area contributed by atoms with Gasteiger partial charge < -0.3 is 15.0 Å². The van der Waals surface area contributed by atoms with E-state index >= 15 is 0 Å². The van der Waals surface area contributed by atoms with Crippen molar-refractivity contribution in [2.24, 2.45) is 0 Å². The molecule has 3 rings (SSSR count). The second-order valence-electron chi connectivity index (χ2n) is 9.70. The number of anilines is 1. The number of nitrogens with zero attached hydrogens (tertiary/aromatic N) is 2. The van der Waals surface area contributed by atoms with Crippen molar-refractivity contribution >= 4 is 17.7 Å². The molecule has 5 nitrogen and oxygen atoms in total. The van der Waals surface area contributed by atoms with Crippen LogP contribution in [0.1, 0.15) is 44.7 Å². The van der Waals surface area contributed by atoms with Gasteiger partial charge in [-0.25, -0.2) is 0 Å². The molecule has 1 saturated heterocycles. The van der Waals surface area contributed by atoms with Gasteiger partial charge in [-0.3, -0.25) is 9.69 Å². The maximum absolute atomic E-state index is 12.1.